The van der Waals surface area contributed by atoms with Crippen molar-refractivity contribution < 1.29 is 13.2 Å². The molecule has 1 aliphatic heterocycles. The number of nitrogens with two attached hydrogens (primary N) is 2. The molecular weight excluding hydrogens is 346 g/mol. The second kappa shape index (κ2) is 5.44. The van der Waals surface area contributed by atoms with Gasteiger partial charge in [-0.05, 0) is 31.0 Å². The summed E-state index contributed by atoms with van der Waals surface area (Å²) < 4.78 is 23.6. The van der Waals surface area contributed by atoms with Gasteiger partial charge in [-0.2, -0.15) is 0 Å². The monoisotopic (exact) mass is 361 g/mol. The molecule has 0 aliphatic carbocycles. The third-order valence-corrected chi connectivity index (χ3v) is 4.87. The third kappa shape index (κ3) is 3.03. The predicted molar refractivity (Wildman–Crippen MR) is 78.7 cm³/mol. The molecule has 1 unspecified atom stereocenters. The van der Waals surface area contributed by atoms with Gasteiger partial charge in [-0.15, -0.1) is 0 Å². The third-order valence-electron chi connectivity index (χ3n) is 3.37. The van der Waals surface area contributed by atoms with Gasteiger partial charge in [-0.1, -0.05) is 15.9 Å². The van der Waals surface area contributed by atoms with Crippen LogP contribution in [0.5, 0.6) is 0 Å². The number of primary sulfonamides is 1. The van der Waals surface area contributed by atoms with E-state index in [4.69, 9.17) is 10.9 Å². The van der Waals surface area contributed by atoms with Gasteiger partial charge in [0.1, 0.15) is 0 Å². The number of carbonyl (C=O) groups excluding carboxylic acids is 1. The minimum atomic E-state index is -3.87. The highest BCUT2D eigenvalue weighted by Crippen LogP contribution is 2.26. The van der Waals surface area contributed by atoms with Crippen LogP contribution in [0.15, 0.2) is 21.5 Å². The summed E-state index contributed by atoms with van der Waals surface area (Å²) in [6.07, 6.45) is 0.751. The lowest BCUT2D eigenvalue weighted by atomic mass is 10.1. The van der Waals surface area contributed by atoms with Crippen molar-refractivity contribution in [3.05, 3.63) is 27.7 Å². The maximum atomic E-state index is 12.5. The number of rotatable bonds is 2. The summed E-state index contributed by atoms with van der Waals surface area (Å²) in [5.74, 6) is -0.221. The summed E-state index contributed by atoms with van der Waals surface area (Å²) in [5.41, 5.74) is 6.48. The van der Waals surface area contributed by atoms with Gasteiger partial charge in [0, 0.05) is 29.2 Å². The second-order valence-electron chi connectivity index (χ2n) is 4.92. The molecule has 1 aromatic carbocycles. The Morgan fingerprint density at radius 1 is 1.45 bits per heavy atom. The molecule has 1 atom stereocenters. The van der Waals surface area contributed by atoms with Crippen LogP contribution in [0.2, 0.25) is 0 Å². The topological polar surface area (TPSA) is 106 Å². The number of hydrogen-bond donors (Lipinski definition) is 2. The number of amides is 1. The van der Waals surface area contributed by atoms with Gasteiger partial charge in [-0.25, -0.2) is 13.6 Å². The molecule has 4 N–H and O–H groups in total. The molecular formula is C12H16BrN3O3S. The van der Waals surface area contributed by atoms with Crippen LogP contribution in [-0.2, 0) is 10.0 Å². The molecule has 1 aliphatic rings. The normalized spacial score (nSPS) is 19.4. The van der Waals surface area contributed by atoms with E-state index in [1.807, 2.05) is 0 Å². The predicted octanol–water partition coefficient (Wildman–Crippen LogP) is 0.578. The molecule has 1 aromatic rings. The maximum Gasteiger partial charge on any atom is 0.254 e. The molecule has 1 amide bonds. The quantitative estimate of drug-likeness (QED) is 0.802. The summed E-state index contributed by atoms with van der Waals surface area (Å²) in [4.78, 5) is 14.0. The molecule has 0 aromatic heterocycles. The first kappa shape index (κ1) is 15.4. The Morgan fingerprint density at radius 2 is 2.10 bits per heavy atom. The van der Waals surface area contributed by atoms with Crippen LogP contribution in [-0.4, -0.2) is 38.4 Å². The molecule has 0 saturated carbocycles. The van der Waals surface area contributed by atoms with Crippen LogP contribution in [0.3, 0.4) is 0 Å². The van der Waals surface area contributed by atoms with Crippen LogP contribution < -0.4 is 10.9 Å². The molecule has 0 radical (unpaired) electrons. The number of sulfonamides is 1. The molecule has 6 nitrogen and oxygen atoms in total. The highest BCUT2D eigenvalue weighted by Gasteiger charge is 2.27. The number of likely N-dealkylation sites (tertiary alicyclic amines) is 1. The first-order valence-electron chi connectivity index (χ1n) is 6.08. The average Bonchev–Trinajstić information content (AvgIpc) is 2.76. The van der Waals surface area contributed by atoms with Crippen molar-refractivity contribution in [3.8, 4) is 0 Å². The Kier molecular flexibility index (Phi) is 4.19. The van der Waals surface area contributed by atoms with E-state index in [1.165, 1.54) is 6.07 Å². The molecule has 1 heterocycles. The summed E-state index contributed by atoms with van der Waals surface area (Å²) >= 11 is 3.21. The Labute approximate surface area is 126 Å². The molecule has 20 heavy (non-hydrogen) atoms. The SMILES string of the molecule is Cc1c(C(=O)N2CCC(N)C2)cc(Br)cc1S(N)(=O)=O. The van der Waals surface area contributed by atoms with Gasteiger partial charge in [-0.3, -0.25) is 4.79 Å². The molecule has 1 saturated heterocycles. The first-order chi connectivity index (χ1) is 9.20. The number of nitrogens with zero attached hydrogens (tertiary/aromatic N) is 1. The zero-order valence-electron chi connectivity index (χ0n) is 11.0. The minimum absolute atomic E-state index is 0.0240. The summed E-state index contributed by atoms with van der Waals surface area (Å²) in [7, 11) is -3.87. The number of benzene rings is 1. The number of hydrogen-bond acceptors (Lipinski definition) is 4. The van der Waals surface area contributed by atoms with Crippen molar-refractivity contribution in [2.75, 3.05) is 13.1 Å². The highest BCUT2D eigenvalue weighted by molar-refractivity contribution is 9.10. The van der Waals surface area contributed by atoms with E-state index in [0.29, 0.717) is 28.7 Å². The zero-order chi connectivity index (χ0) is 15.1. The fourth-order valence-corrected chi connectivity index (χ4v) is 3.75. The van der Waals surface area contributed by atoms with Crippen molar-refractivity contribution in [1.82, 2.24) is 4.90 Å². The first-order valence-corrected chi connectivity index (χ1v) is 8.42. The Balaban J connectivity index is 2.47. The van der Waals surface area contributed by atoms with E-state index in [1.54, 1.807) is 17.9 Å². The van der Waals surface area contributed by atoms with Crippen molar-refractivity contribution >= 4 is 31.9 Å². The lowest BCUT2D eigenvalue weighted by Gasteiger charge is -2.18. The lowest BCUT2D eigenvalue weighted by Crippen LogP contribution is -2.32. The van der Waals surface area contributed by atoms with Gasteiger partial charge in [0.2, 0.25) is 10.0 Å². The van der Waals surface area contributed by atoms with Gasteiger partial charge >= 0.3 is 0 Å². The van der Waals surface area contributed by atoms with Gasteiger partial charge in [0.15, 0.2) is 0 Å². The van der Waals surface area contributed by atoms with Crippen molar-refractivity contribution in [2.24, 2.45) is 10.9 Å². The molecule has 110 valence electrons. The molecule has 0 spiro atoms. The van der Waals surface area contributed by atoms with E-state index >= 15 is 0 Å². The van der Waals surface area contributed by atoms with Gasteiger partial charge in [0.25, 0.3) is 5.91 Å². The zero-order valence-corrected chi connectivity index (χ0v) is 13.4. The van der Waals surface area contributed by atoms with Gasteiger partial charge in [0.05, 0.1) is 4.90 Å². The van der Waals surface area contributed by atoms with E-state index in [2.05, 4.69) is 15.9 Å². The Morgan fingerprint density at radius 3 is 2.60 bits per heavy atom. The van der Waals surface area contributed by atoms with E-state index in [-0.39, 0.29) is 16.8 Å². The largest absolute Gasteiger partial charge is 0.337 e. The summed E-state index contributed by atoms with van der Waals surface area (Å²) in [6, 6.07) is 2.98. The van der Waals surface area contributed by atoms with Crippen molar-refractivity contribution in [3.63, 3.8) is 0 Å². The fourth-order valence-electron chi connectivity index (χ4n) is 2.31. The Hall–Kier alpha value is -0.960. The van der Waals surface area contributed by atoms with Crippen LogP contribution in [0.1, 0.15) is 22.3 Å². The highest BCUT2D eigenvalue weighted by atomic mass is 79.9. The summed E-state index contributed by atoms with van der Waals surface area (Å²) in [5, 5.41) is 5.18. The standard InChI is InChI=1S/C12H16BrN3O3S/c1-7-10(12(17)16-3-2-9(14)6-16)4-8(13)5-11(7)20(15,18)19/h4-5,9H,2-3,6,14H2,1H3,(H2,15,18,19). The van der Waals surface area contributed by atoms with E-state index < -0.39 is 10.0 Å². The number of carbonyl (C=O) groups is 1. The fraction of sp³-hybridized carbons (Fsp3) is 0.417. The minimum Gasteiger partial charge on any atom is -0.337 e. The van der Waals surface area contributed by atoms with E-state index in [9.17, 15) is 13.2 Å². The summed E-state index contributed by atoms with van der Waals surface area (Å²) in [6.45, 7) is 2.64. The maximum absolute atomic E-state index is 12.5. The lowest BCUT2D eigenvalue weighted by molar-refractivity contribution is 0.0790. The van der Waals surface area contributed by atoms with Crippen LogP contribution in [0, 0.1) is 6.92 Å². The molecule has 8 heteroatoms. The molecule has 1 fully saturated rings. The molecule has 2 rings (SSSR count). The van der Waals surface area contributed by atoms with E-state index in [0.717, 1.165) is 6.42 Å². The smallest absolute Gasteiger partial charge is 0.254 e. The molecule has 0 bridgehead atoms. The van der Waals surface area contributed by atoms with Crippen molar-refractivity contribution in [2.45, 2.75) is 24.3 Å². The van der Waals surface area contributed by atoms with Gasteiger partial charge < -0.3 is 10.6 Å². The van der Waals surface area contributed by atoms with Crippen LogP contribution in [0.4, 0.5) is 0 Å². The second-order valence-corrected chi connectivity index (χ2v) is 7.37. The Bertz CT molecular complexity index is 660. The van der Waals surface area contributed by atoms with Crippen LogP contribution >= 0.6 is 15.9 Å². The van der Waals surface area contributed by atoms with Crippen molar-refractivity contribution in [1.29, 1.82) is 0 Å². The van der Waals surface area contributed by atoms with Crippen LogP contribution in [0.25, 0.3) is 0 Å². The number of halogens is 1. The average molecular weight is 362 g/mol.